The van der Waals surface area contributed by atoms with Crippen LogP contribution in [0, 0.1) is 0 Å². The van der Waals surface area contributed by atoms with Crippen LogP contribution in [0.2, 0.25) is 0 Å². The van der Waals surface area contributed by atoms with E-state index in [1.54, 1.807) is 6.07 Å². The summed E-state index contributed by atoms with van der Waals surface area (Å²) in [5, 5.41) is 35.2. The second kappa shape index (κ2) is 7.75. The fraction of sp³-hybridized carbons (Fsp3) is 0.455. The average Bonchev–Trinajstić information content (AvgIpc) is 2.76. The van der Waals surface area contributed by atoms with Gasteiger partial charge in [-0.2, -0.15) is 0 Å². The molecule has 1 aromatic rings. The summed E-state index contributed by atoms with van der Waals surface area (Å²) in [5.74, 6) is -2.69. The summed E-state index contributed by atoms with van der Waals surface area (Å²) >= 11 is 0. The maximum Gasteiger partial charge on any atom is 0.356 e. The topological polar surface area (TPSA) is 178 Å². The van der Waals surface area contributed by atoms with Crippen molar-refractivity contribution in [2.45, 2.75) is 24.2 Å². The first kappa shape index (κ1) is 18.7. The number of carboxylic acids is 1. The van der Waals surface area contributed by atoms with Gasteiger partial charge in [0.25, 0.3) is 0 Å². The van der Waals surface area contributed by atoms with E-state index in [-0.39, 0.29) is 5.56 Å². The van der Waals surface area contributed by atoms with Gasteiger partial charge in [-0.05, 0) is 12.1 Å². The molecule has 10 nitrogen and oxygen atoms in total. The molecular weight excluding hydrogens is 321 g/mol. The standard InChI is InChI=1S/C6H5NO2.C5H11O7P/c8-6(9)5-2-1-3-7-4-5;6-1-2-3(7)4(8)5(12-2)13(9,10)11/h1-4H,(H,8,9);2-8H,1H2,(H2,9,10,11)/t;2-,3-,4-,5?/m.1/s1. The summed E-state index contributed by atoms with van der Waals surface area (Å²) in [6, 6.07) is 3.08. The zero-order valence-corrected chi connectivity index (χ0v) is 12.0. The second-order valence-electron chi connectivity index (χ2n) is 4.36. The lowest BCUT2D eigenvalue weighted by Crippen LogP contribution is -2.33. The Morgan fingerprint density at radius 1 is 1.32 bits per heavy atom. The first-order chi connectivity index (χ1) is 10.2. The lowest BCUT2D eigenvalue weighted by atomic mass is 10.2. The van der Waals surface area contributed by atoms with Gasteiger partial charge in [-0.1, -0.05) is 0 Å². The molecule has 0 radical (unpaired) electrons. The molecule has 1 aliphatic rings. The Balaban J connectivity index is 0.000000235. The minimum atomic E-state index is -4.60. The summed E-state index contributed by atoms with van der Waals surface area (Å²) < 4.78 is 15.3. The Hall–Kier alpha value is -1.39. The molecule has 1 aliphatic heterocycles. The first-order valence-electron chi connectivity index (χ1n) is 5.99. The van der Waals surface area contributed by atoms with E-state index >= 15 is 0 Å². The highest BCUT2D eigenvalue weighted by Gasteiger charge is 2.50. The number of carboxylic acid groups (broad SMARTS) is 1. The van der Waals surface area contributed by atoms with Crippen LogP contribution in [-0.4, -0.2) is 71.9 Å². The average molecular weight is 337 g/mol. The third-order valence-electron chi connectivity index (χ3n) is 2.76. The maximum atomic E-state index is 10.7. The van der Waals surface area contributed by atoms with E-state index < -0.39 is 44.3 Å². The van der Waals surface area contributed by atoms with E-state index in [1.807, 2.05) is 0 Å². The van der Waals surface area contributed by atoms with Crippen LogP contribution in [0.4, 0.5) is 0 Å². The molecule has 2 heterocycles. The number of rotatable bonds is 3. The smallest absolute Gasteiger partial charge is 0.356 e. The number of aromatic carboxylic acids is 1. The SMILES string of the molecule is O=C(O)c1cccnc1.O=P(O)(O)C1O[C@H](CO)[C@@H](O)[C@H]1O. The summed E-state index contributed by atoms with van der Waals surface area (Å²) in [6.07, 6.45) is -1.44. The monoisotopic (exact) mass is 337 g/mol. The van der Waals surface area contributed by atoms with E-state index in [0.717, 1.165) is 0 Å². The number of aromatic nitrogens is 1. The van der Waals surface area contributed by atoms with Crippen LogP contribution < -0.4 is 0 Å². The Morgan fingerprint density at radius 3 is 2.23 bits per heavy atom. The third-order valence-corrected chi connectivity index (χ3v) is 3.85. The zero-order valence-electron chi connectivity index (χ0n) is 11.1. The molecule has 0 aliphatic carbocycles. The Kier molecular flexibility index (Phi) is 6.57. The molecule has 4 atom stereocenters. The number of pyridine rings is 1. The van der Waals surface area contributed by atoms with Gasteiger partial charge < -0.3 is 34.9 Å². The van der Waals surface area contributed by atoms with Crippen molar-refractivity contribution < 1.29 is 44.3 Å². The van der Waals surface area contributed by atoms with Crippen molar-refractivity contribution in [3.63, 3.8) is 0 Å². The van der Waals surface area contributed by atoms with Gasteiger partial charge in [0.1, 0.15) is 18.3 Å². The molecule has 6 N–H and O–H groups in total. The van der Waals surface area contributed by atoms with E-state index in [2.05, 4.69) is 9.72 Å². The summed E-state index contributed by atoms with van der Waals surface area (Å²) in [4.78, 5) is 31.1. The lowest BCUT2D eigenvalue weighted by Gasteiger charge is -2.15. The third kappa shape index (κ3) is 4.82. The number of carbonyl (C=O) groups is 1. The fourth-order valence-corrected chi connectivity index (χ4v) is 2.54. The van der Waals surface area contributed by atoms with Crippen molar-refractivity contribution in [3.05, 3.63) is 30.1 Å². The molecule has 2 rings (SSSR count). The minimum absolute atomic E-state index is 0.220. The van der Waals surface area contributed by atoms with Gasteiger partial charge >= 0.3 is 13.6 Å². The molecule has 11 heteroatoms. The van der Waals surface area contributed by atoms with Crippen LogP contribution in [-0.2, 0) is 9.30 Å². The molecule has 0 aromatic carbocycles. The quantitative estimate of drug-likeness (QED) is 0.351. The van der Waals surface area contributed by atoms with Crippen LogP contribution in [0.25, 0.3) is 0 Å². The van der Waals surface area contributed by atoms with Gasteiger partial charge in [0.05, 0.1) is 12.2 Å². The van der Waals surface area contributed by atoms with Crippen LogP contribution in [0.1, 0.15) is 10.4 Å². The van der Waals surface area contributed by atoms with Gasteiger partial charge in [0.15, 0.2) is 5.85 Å². The highest BCUT2D eigenvalue weighted by atomic mass is 31.2. The highest BCUT2D eigenvalue weighted by molar-refractivity contribution is 7.52. The van der Waals surface area contributed by atoms with Crippen molar-refractivity contribution in [2.24, 2.45) is 0 Å². The Morgan fingerprint density at radius 2 is 1.95 bits per heavy atom. The molecule has 1 fully saturated rings. The summed E-state index contributed by atoms with van der Waals surface area (Å²) in [7, 11) is -4.60. The minimum Gasteiger partial charge on any atom is -0.478 e. The molecule has 0 amide bonds. The normalized spacial score (nSPS) is 27.9. The van der Waals surface area contributed by atoms with Crippen molar-refractivity contribution in [1.29, 1.82) is 0 Å². The largest absolute Gasteiger partial charge is 0.478 e. The van der Waals surface area contributed by atoms with E-state index in [9.17, 15) is 9.36 Å². The molecule has 1 unspecified atom stereocenters. The lowest BCUT2D eigenvalue weighted by molar-refractivity contribution is -0.0110. The van der Waals surface area contributed by atoms with Crippen LogP contribution >= 0.6 is 7.60 Å². The second-order valence-corrected chi connectivity index (χ2v) is 6.05. The number of aliphatic hydroxyl groups is 3. The van der Waals surface area contributed by atoms with E-state index in [4.69, 9.17) is 30.2 Å². The number of ether oxygens (including phenoxy) is 1. The Bertz CT molecular complexity index is 534. The predicted molar refractivity (Wildman–Crippen MR) is 71.0 cm³/mol. The van der Waals surface area contributed by atoms with Gasteiger partial charge in [0.2, 0.25) is 0 Å². The zero-order chi connectivity index (χ0) is 16.9. The van der Waals surface area contributed by atoms with Gasteiger partial charge in [-0.15, -0.1) is 0 Å². The van der Waals surface area contributed by atoms with Crippen LogP contribution in [0.5, 0.6) is 0 Å². The fourth-order valence-electron chi connectivity index (χ4n) is 1.65. The van der Waals surface area contributed by atoms with E-state index in [0.29, 0.717) is 0 Å². The molecule has 0 bridgehead atoms. The molecule has 1 saturated heterocycles. The first-order valence-corrected chi connectivity index (χ1v) is 7.67. The van der Waals surface area contributed by atoms with Crippen molar-refractivity contribution >= 4 is 13.6 Å². The molecule has 1 aromatic heterocycles. The predicted octanol–water partition coefficient (Wildman–Crippen LogP) is -1.62. The number of aliphatic hydroxyl groups excluding tert-OH is 3. The van der Waals surface area contributed by atoms with Gasteiger partial charge in [-0.3, -0.25) is 9.55 Å². The van der Waals surface area contributed by atoms with Gasteiger partial charge in [-0.25, -0.2) is 4.79 Å². The maximum absolute atomic E-state index is 10.7. The van der Waals surface area contributed by atoms with Crippen LogP contribution in [0.15, 0.2) is 24.5 Å². The van der Waals surface area contributed by atoms with E-state index in [1.165, 1.54) is 18.5 Å². The molecular formula is C11H16NO9P. The summed E-state index contributed by atoms with van der Waals surface area (Å²) in [6.45, 7) is -0.602. The van der Waals surface area contributed by atoms with Gasteiger partial charge in [0, 0.05) is 12.4 Å². The molecule has 22 heavy (non-hydrogen) atoms. The van der Waals surface area contributed by atoms with Crippen LogP contribution in [0.3, 0.4) is 0 Å². The molecule has 0 spiro atoms. The highest BCUT2D eigenvalue weighted by Crippen LogP contribution is 2.47. The Labute approximate surface area is 124 Å². The number of nitrogens with zero attached hydrogens (tertiary/aromatic N) is 1. The number of hydrogen-bond acceptors (Lipinski definition) is 7. The van der Waals surface area contributed by atoms with Crippen molar-refractivity contribution in [3.8, 4) is 0 Å². The van der Waals surface area contributed by atoms with Crippen molar-refractivity contribution in [2.75, 3.05) is 6.61 Å². The summed E-state index contributed by atoms with van der Waals surface area (Å²) in [5.41, 5.74) is 0.220. The number of hydrogen-bond donors (Lipinski definition) is 6. The van der Waals surface area contributed by atoms with Crippen molar-refractivity contribution in [1.82, 2.24) is 4.98 Å². The molecule has 0 saturated carbocycles. The molecule has 124 valence electrons.